The van der Waals surface area contributed by atoms with Crippen molar-refractivity contribution in [3.8, 4) is 0 Å². The molecule has 0 spiro atoms. The molecule has 3 nitrogen and oxygen atoms in total. The summed E-state index contributed by atoms with van der Waals surface area (Å²) in [6.07, 6.45) is 0. The first-order valence-corrected chi connectivity index (χ1v) is 7.83. The number of hydrogen-bond acceptors (Lipinski definition) is 2. The Morgan fingerprint density at radius 1 is 1.00 bits per heavy atom. The Labute approximate surface area is 140 Å². The van der Waals surface area contributed by atoms with Crippen LogP contribution in [0.25, 0.3) is 10.8 Å². The van der Waals surface area contributed by atoms with Gasteiger partial charge in [0.2, 0.25) is 5.91 Å². The summed E-state index contributed by atoms with van der Waals surface area (Å²) in [5.74, 6) is -0.351. The van der Waals surface area contributed by atoms with Crippen LogP contribution in [0, 0.1) is 5.82 Å². The summed E-state index contributed by atoms with van der Waals surface area (Å²) >= 11 is 0. The zero-order valence-electron chi connectivity index (χ0n) is 13.5. The van der Waals surface area contributed by atoms with Gasteiger partial charge >= 0.3 is 0 Å². The third kappa shape index (κ3) is 3.90. The molecule has 0 aliphatic rings. The van der Waals surface area contributed by atoms with E-state index in [-0.39, 0.29) is 18.3 Å². The summed E-state index contributed by atoms with van der Waals surface area (Å²) < 4.78 is 12.9. The quantitative estimate of drug-likeness (QED) is 0.776. The number of likely N-dealkylation sites (N-methyl/N-ethyl adjacent to an activating group) is 1. The molecule has 0 bridgehead atoms. The van der Waals surface area contributed by atoms with Gasteiger partial charge in [-0.15, -0.1) is 0 Å². The van der Waals surface area contributed by atoms with E-state index in [1.165, 1.54) is 17.5 Å². The Bertz CT molecular complexity index is 846. The van der Waals surface area contributed by atoms with Crippen LogP contribution in [-0.2, 0) is 11.3 Å². The van der Waals surface area contributed by atoms with Crippen LogP contribution in [0.4, 0.5) is 10.1 Å². The van der Waals surface area contributed by atoms with E-state index in [9.17, 15) is 9.18 Å². The van der Waals surface area contributed by atoms with Gasteiger partial charge in [-0.2, -0.15) is 0 Å². The molecule has 3 aromatic carbocycles. The van der Waals surface area contributed by atoms with Crippen LogP contribution < -0.4 is 10.2 Å². The third-order valence-corrected chi connectivity index (χ3v) is 3.96. The number of hydrogen-bond donors (Lipinski definition) is 1. The van der Waals surface area contributed by atoms with Crippen molar-refractivity contribution in [1.82, 2.24) is 5.32 Å². The monoisotopic (exact) mass is 322 g/mol. The molecule has 0 aliphatic heterocycles. The molecule has 0 heterocycles. The van der Waals surface area contributed by atoms with E-state index in [4.69, 9.17) is 0 Å². The van der Waals surface area contributed by atoms with Crippen LogP contribution in [0.1, 0.15) is 5.56 Å². The molecule has 24 heavy (non-hydrogen) atoms. The van der Waals surface area contributed by atoms with Gasteiger partial charge in [0, 0.05) is 19.3 Å². The lowest BCUT2D eigenvalue weighted by molar-refractivity contribution is -0.119. The minimum absolute atomic E-state index is 0.0741. The van der Waals surface area contributed by atoms with E-state index in [1.807, 2.05) is 30.1 Å². The SMILES string of the molecule is CN(CC(=O)NCc1ccc(F)cc1)c1ccc2ccccc2c1. The van der Waals surface area contributed by atoms with Crippen LogP contribution in [0.3, 0.4) is 0 Å². The van der Waals surface area contributed by atoms with Gasteiger partial charge < -0.3 is 10.2 Å². The first kappa shape index (κ1) is 16.0. The lowest BCUT2D eigenvalue weighted by atomic mass is 10.1. The molecule has 1 amide bonds. The molecular weight excluding hydrogens is 303 g/mol. The number of carbonyl (C=O) groups excluding carboxylic acids is 1. The maximum atomic E-state index is 12.9. The number of halogens is 1. The van der Waals surface area contributed by atoms with Crippen molar-refractivity contribution in [1.29, 1.82) is 0 Å². The normalized spacial score (nSPS) is 10.6. The first-order valence-electron chi connectivity index (χ1n) is 7.83. The number of rotatable bonds is 5. The van der Waals surface area contributed by atoms with E-state index >= 15 is 0 Å². The fourth-order valence-corrected chi connectivity index (χ4v) is 2.58. The molecule has 0 saturated heterocycles. The summed E-state index contributed by atoms with van der Waals surface area (Å²) in [5.41, 5.74) is 1.86. The highest BCUT2D eigenvalue weighted by atomic mass is 19.1. The van der Waals surface area contributed by atoms with Gasteiger partial charge in [-0.05, 0) is 40.6 Å². The van der Waals surface area contributed by atoms with Gasteiger partial charge in [0.05, 0.1) is 6.54 Å². The van der Waals surface area contributed by atoms with Gasteiger partial charge in [-0.1, -0.05) is 42.5 Å². The van der Waals surface area contributed by atoms with E-state index in [0.29, 0.717) is 6.54 Å². The molecule has 122 valence electrons. The number of amides is 1. The Morgan fingerprint density at radius 3 is 2.46 bits per heavy atom. The average Bonchev–Trinajstić information content (AvgIpc) is 2.61. The highest BCUT2D eigenvalue weighted by Crippen LogP contribution is 2.21. The zero-order valence-corrected chi connectivity index (χ0v) is 13.5. The topological polar surface area (TPSA) is 32.3 Å². The Morgan fingerprint density at radius 2 is 1.71 bits per heavy atom. The van der Waals surface area contributed by atoms with E-state index in [0.717, 1.165) is 16.6 Å². The molecule has 1 N–H and O–H groups in total. The number of benzene rings is 3. The standard InChI is InChI=1S/C20H19FN2O/c1-23(19-11-8-16-4-2-3-5-17(16)12-19)14-20(24)22-13-15-6-9-18(21)10-7-15/h2-12H,13-14H2,1H3,(H,22,24). The molecule has 3 aromatic rings. The van der Waals surface area contributed by atoms with Gasteiger partial charge in [0.1, 0.15) is 5.82 Å². The largest absolute Gasteiger partial charge is 0.365 e. The van der Waals surface area contributed by atoms with Crippen molar-refractivity contribution in [2.24, 2.45) is 0 Å². The first-order chi connectivity index (χ1) is 11.6. The van der Waals surface area contributed by atoms with E-state index in [2.05, 4.69) is 29.6 Å². The molecular formula is C20H19FN2O. The lowest BCUT2D eigenvalue weighted by Crippen LogP contribution is -2.34. The van der Waals surface area contributed by atoms with Crippen molar-refractivity contribution >= 4 is 22.4 Å². The molecule has 0 unspecified atom stereocenters. The third-order valence-electron chi connectivity index (χ3n) is 3.96. The molecule has 3 rings (SSSR count). The smallest absolute Gasteiger partial charge is 0.239 e. The Balaban J connectivity index is 1.59. The molecule has 0 aliphatic carbocycles. The molecule has 0 atom stereocenters. The summed E-state index contributed by atoms with van der Waals surface area (Å²) in [7, 11) is 1.89. The van der Waals surface area contributed by atoms with Gasteiger partial charge in [-0.3, -0.25) is 4.79 Å². The van der Waals surface area contributed by atoms with Crippen molar-refractivity contribution in [3.05, 3.63) is 78.1 Å². The fourth-order valence-electron chi connectivity index (χ4n) is 2.58. The zero-order chi connectivity index (χ0) is 16.9. The number of nitrogens with one attached hydrogen (secondary N) is 1. The summed E-state index contributed by atoms with van der Waals surface area (Å²) in [4.78, 5) is 14.0. The van der Waals surface area contributed by atoms with E-state index < -0.39 is 0 Å². The summed E-state index contributed by atoms with van der Waals surface area (Å²) in [5, 5.41) is 5.18. The van der Waals surface area contributed by atoms with Crippen LogP contribution in [0.2, 0.25) is 0 Å². The number of nitrogens with zero attached hydrogens (tertiary/aromatic N) is 1. The van der Waals surface area contributed by atoms with Crippen LogP contribution in [0.5, 0.6) is 0 Å². The van der Waals surface area contributed by atoms with Crippen molar-refractivity contribution in [3.63, 3.8) is 0 Å². The number of fused-ring (bicyclic) bond motifs is 1. The maximum absolute atomic E-state index is 12.9. The van der Waals surface area contributed by atoms with Gasteiger partial charge in [0.15, 0.2) is 0 Å². The second-order valence-electron chi connectivity index (χ2n) is 5.79. The summed E-state index contributed by atoms with van der Waals surface area (Å²) in [6, 6.07) is 20.4. The molecule has 0 saturated carbocycles. The fraction of sp³-hybridized carbons (Fsp3) is 0.150. The second kappa shape index (κ2) is 7.13. The second-order valence-corrected chi connectivity index (χ2v) is 5.79. The number of carbonyl (C=O) groups is 1. The highest BCUT2D eigenvalue weighted by Gasteiger charge is 2.08. The van der Waals surface area contributed by atoms with Crippen LogP contribution >= 0.6 is 0 Å². The van der Waals surface area contributed by atoms with E-state index in [1.54, 1.807) is 12.1 Å². The Kier molecular flexibility index (Phi) is 4.75. The maximum Gasteiger partial charge on any atom is 0.239 e. The van der Waals surface area contributed by atoms with Crippen molar-refractivity contribution < 1.29 is 9.18 Å². The highest BCUT2D eigenvalue weighted by molar-refractivity contribution is 5.87. The predicted octanol–water partition coefficient (Wildman–Crippen LogP) is 3.73. The minimum atomic E-state index is -0.277. The lowest BCUT2D eigenvalue weighted by Gasteiger charge is -2.19. The van der Waals surface area contributed by atoms with Crippen molar-refractivity contribution in [2.75, 3.05) is 18.5 Å². The Hall–Kier alpha value is -2.88. The average molecular weight is 322 g/mol. The summed E-state index contributed by atoms with van der Waals surface area (Å²) in [6.45, 7) is 0.657. The van der Waals surface area contributed by atoms with Crippen molar-refractivity contribution in [2.45, 2.75) is 6.54 Å². The molecule has 0 radical (unpaired) electrons. The predicted molar refractivity (Wildman–Crippen MR) is 95.5 cm³/mol. The van der Waals surface area contributed by atoms with Gasteiger partial charge in [0.25, 0.3) is 0 Å². The molecule has 4 heteroatoms. The molecule has 0 aromatic heterocycles. The molecule has 0 fully saturated rings. The number of anilines is 1. The van der Waals surface area contributed by atoms with Crippen LogP contribution in [-0.4, -0.2) is 19.5 Å². The van der Waals surface area contributed by atoms with Gasteiger partial charge in [-0.25, -0.2) is 4.39 Å². The minimum Gasteiger partial charge on any atom is -0.365 e. The van der Waals surface area contributed by atoms with Crippen LogP contribution in [0.15, 0.2) is 66.7 Å².